The van der Waals surface area contributed by atoms with E-state index in [0.717, 1.165) is 19.4 Å². The lowest BCUT2D eigenvalue weighted by Gasteiger charge is -2.05. The third kappa shape index (κ3) is 1.58. The highest BCUT2D eigenvalue weighted by Crippen LogP contribution is 2.08. The Morgan fingerprint density at radius 3 is 2.85 bits per heavy atom. The first kappa shape index (κ1) is 9.44. The van der Waals surface area contributed by atoms with Crippen molar-refractivity contribution >= 4 is 5.97 Å². The maximum atomic E-state index is 12.9. The molecular weight excluding hydrogens is 177 g/mol. The first-order valence-electron chi connectivity index (χ1n) is 3.54. The van der Waals surface area contributed by atoms with Crippen LogP contribution in [0.5, 0.6) is 0 Å². The van der Waals surface area contributed by atoms with Crippen LogP contribution in [0.15, 0.2) is 12.3 Å². The van der Waals surface area contributed by atoms with Gasteiger partial charge in [0.15, 0.2) is 6.20 Å². The quantitative estimate of drug-likeness (QED) is 0.365. The number of pyridine rings is 1. The monoisotopic (exact) mass is 185 g/mol. The van der Waals surface area contributed by atoms with Gasteiger partial charge in [-0.1, -0.05) is 0 Å². The maximum absolute atomic E-state index is 12.9. The van der Waals surface area contributed by atoms with E-state index in [0.29, 0.717) is 0 Å². The van der Waals surface area contributed by atoms with Gasteiger partial charge in [0.2, 0.25) is 0 Å². The molecule has 1 aromatic rings. The number of rotatable bonds is 1. The molecule has 0 bridgehead atoms. The number of methoxy groups -OCH3 is 1. The number of aromatic nitrogens is 1. The van der Waals surface area contributed by atoms with E-state index >= 15 is 0 Å². The molecule has 0 radical (unpaired) electrons. The van der Waals surface area contributed by atoms with Gasteiger partial charge in [-0.25, -0.2) is 9.18 Å². The summed E-state index contributed by atoms with van der Waals surface area (Å²) in [5.41, 5.74) is -0.327. The van der Waals surface area contributed by atoms with Crippen LogP contribution in [0.1, 0.15) is 16.1 Å². The van der Waals surface area contributed by atoms with E-state index in [1.54, 1.807) is 0 Å². The predicted octanol–water partition coefficient (Wildman–Crippen LogP) is 0.554. The van der Waals surface area contributed by atoms with Gasteiger partial charge in [-0.15, -0.1) is 0 Å². The Balaban J connectivity index is 3.33. The maximum Gasteiger partial charge on any atom is 0.405 e. The molecule has 5 heteroatoms. The van der Waals surface area contributed by atoms with Gasteiger partial charge in [0, 0.05) is 6.07 Å². The first-order valence-corrected chi connectivity index (χ1v) is 3.54. The van der Waals surface area contributed by atoms with Crippen molar-refractivity contribution in [2.24, 2.45) is 0 Å². The van der Waals surface area contributed by atoms with Crippen molar-refractivity contribution in [2.45, 2.75) is 6.92 Å². The molecule has 0 saturated heterocycles. The number of carbonyl (C=O) groups is 1. The lowest BCUT2D eigenvalue weighted by Crippen LogP contribution is -2.36. The van der Waals surface area contributed by atoms with Crippen LogP contribution in [0.3, 0.4) is 0 Å². The van der Waals surface area contributed by atoms with Gasteiger partial charge in [0.1, 0.15) is 5.82 Å². The standard InChI is InChI=1S/C8H8FNO3/c1-5-6(9)3-4-10(12)7(5)8(11)13-2/h3-4H,1-2H3. The minimum atomic E-state index is -0.841. The third-order valence-electron chi connectivity index (χ3n) is 1.67. The van der Waals surface area contributed by atoms with Gasteiger partial charge in [-0.3, -0.25) is 0 Å². The number of hydrogen-bond acceptors (Lipinski definition) is 3. The van der Waals surface area contributed by atoms with Crippen LogP contribution in [0.4, 0.5) is 4.39 Å². The van der Waals surface area contributed by atoms with Gasteiger partial charge in [-0.2, -0.15) is 4.73 Å². The van der Waals surface area contributed by atoms with Crippen molar-refractivity contribution in [2.75, 3.05) is 7.11 Å². The molecule has 0 N–H and O–H groups in total. The number of ether oxygens (including phenoxy) is 1. The van der Waals surface area contributed by atoms with Gasteiger partial charge >= 0.3 is 11.7 Å². The second-order valence-corrected chi connectivity index (χ2v) is 2.45. The number of nitrogens with zero attached hydrogens (tertiary/aromatic N) is 1. The summed E-state index contributed by atoms with van der Waals surface area (Å²) < 4.78 is 17.5. The zero-order valence-electron chi connectivity index (χ0n) is 7.20. The summed E-state index contributed by atoms with van der Waals surface area (Å²) >= 11 is 0. The highest BCUT2D eigenvalue weighted by Gasteiger charge is 2.22. The second kappa shape index (κ2) is 3.38. The molecule has 0 amide bonds. The average molecular weight is 185 g/mol. The molecule has 0 unspecified atom stereocenters. The lowest BCUT2D eigenvalue weighted by atomic mass is 10.2. The molecule has 0 aliphatic rings. The summed E-state index contributed by atoms with van der Waals surface area (Å²) in [5, 5.41) is 11.0. The predicted molar refractivity (Wildman–Crippen MR) is 41.4 cm³/mol. The molecule has 0 atom stereocenters. The minimum Gasteiger partial charge on any atom is -0.618 e. The highest BCUT2D eigenvalue weighted by atomic mass is 19.1. The van der Waals surface area contributed by atoms with E-state index in [9.17, 15) is 14.4 Å². The number of halogens is 1. The van der Waals surface area contributed by atoms with Gasteiger partial charge in [0.05, 0.1) is 12.7 Å². The Hall–Kier alpha value is -1.65. The number of esters is 1. The van der Waals surface area contributed by atoms with Crippen LogP contribution < -0.4 is 4.73 Å². The molecule has 0 aliphatic carbocycles. The zero-order chi connectivity index (χ0) is 10.0. The molecule has 1 heterocycles. The van der Waals surface area contributed by atoms with Crippen molar-refractivity contribution in [1.82, 2.24) is 0 Å². The van der Waals surface area contributed by atoms with Gasteiger partial charge in [-0.05, 0) is 6.92 Å². The molecule has 4 nitrogen and oxygen atoms in total. The van der Waals surface area contributed by atoms with E-state index < -0.39 is 11.8 Å². The molecule has 0 aliphatic heterocycles. The van der Waals surface area contributed by atoms with Crippen molar-refractivity contribution in [3.63, 3.8) is 0 Å². The third-order valence-corrected chi connectivity index (χ3v) is 1.67. The number of hydrogen-bond donors (Lipinski definition) is 0. The van der Waals surface area contributed by atoms with Crippen LogP contribution in [0.2, 0.25) is 0 Å². The van der Waals surface area contributed by atoms with Crippen LogP contribution in [-0.4, -0.2) is 13.1 Å². The van der Waals surface area contributed by atoms with Crippen LogP contribution in [0, 0.1) is 17.9 Å². The Morgan fingerprint density at radius 2 is 2.31 bits per heavy atom. The molecule has 1 rings (SSSR count). The van der Waals surface area contributed by atoms with Crippen LogP contribution in [-0.2, 0) is 4.74 Å². The normalized spacial score (nSPS) is 9.77. The molecule has 0 aromatic carbocycles. The summed E-state index contributed by atoms with van der Waals surface area (Å²) in [6.45, 7) is 1.34. The molecule has 0 saturated carbocycles. The van der Waals surface area contributed by atoms with E-state index in [1.807, 2.05) is 0 Å². The molecule has 0 spiro atoms. The largest absolute Gasteiger partial charge is 0.618 e. The van der Waals surface area contributed by atoms with Gasteiger partial charge in [0.25, 0.3) is 0 Å². The van der Waals surface area contributed by atoms with E-state index in [1.165, 1.54) is 6.92 Å². The average Bonchev–Trinajstić information content (AvgIpc) is 2.12. The summed E-state index contributed by atoms with van der Waals surface area (Å²) in [5.74, 6) is -1.44. The second-order valence-electron chi connectivity index (χ2n) is 2.45. The Bertz CT molecular complexity index is 351. The smallest absolute Gasteiger partial charge is 0.405 e. The molecule has 1 aromatic heterocycles. The van der Waals surface area contributed by atoms with Crippen molar-refractivity contribution in [3.8, 4) is 0 Å². The Morgan fingerprint density at radius 1 is 1.69 bits per heavy atom. The highest BCUT2D eigenvalue weighted by molar-refractivity contribution is 5.87. The van der Waals surface area contributed by atoms with Crippen LogP contribution in [0.25, 0.3) is 0 Å². The minimum absolute atomic E-state index is 0.00986. The molecule has 0 fully saturated rings. The summed E-state index contributed by atoms with van der Waals surface area (Å²) in [6.07, 6.45) is 0.925. The molecule has 13 heavy (non-hydrogen) atoms. The van der Waals surface area contributed by atoms with Crippen molar-refractivity contribution in [3.05, 3.63) is 34.5 Å². The fourth-order valence-corrected chi connectivity index (χ4v) is 0.951. The van der Waals surface area contributed by atoms with E-state index in [4.69, 9.17) is 0 Å². The first-order chi connectivity index (χ1) is 6.07. The van der Waals surface area contributed by atoms with Gasteiger partial charge < -0.3 is 9.94 Å². The summed E-state index contributed by atoms with van der Waals surface area (Å²) in [7, 11) is 1.13. The SMILES string of the molecule is COC(=O)c1c(C)c(F)cc[n+]1[O-]. The summed E-state index contributed by atoms with van der Waals surface area (Å²) in [6, 6.07) is 0.995. The van der Waals surface area contributed by atoms with Crippen molar-refractivity contribution in [1.29, 1.82) is 0 Å². The number of carbonyl (C=O) groups excluding carboxylic acids is 1. The van der Waals surface area contributed by atoms with E-state index in [-0.39, 0.29) is 16.0 Å². The van der Waals surface area contributed by atoms with Crippen molar-refractivity contribution < 1.29 is 18.7 Å². The van der Waals surface area contributed by atoms with E-state index in [2.05, 4.69) is 4.74 Å². The van der Waals surface area contributed by atoms with Crippen LogP contribution >= 0.6 is 0 Å². The fourth-order valence-electron chi connectivity index (χ4n) is 0.951. The molecule has 70 valence electrons. The summed E-state index contributed by atoms with van der Waals surface area (Å²) in [4.78, 5) is 11.0. The molecular formula is C8H8FNO3. The topological polar surface area (TPSA) is 53.2 Å². The fraction of sp³-hybridized carbons (Fsp3) is 0.250. The lowest BCUT2D eigenvalue weighted by molar-refractivity contribution is -0.609. The zero-order valence-corrected chi connectivity index (χ0v) is 7.20. The Labute approximate surface area is 74.1 Å². The Kier molecular flexibility index (Phi) is 2.46.